The van der Waals surface area contributed by atoms with Crippen LogP contribution >= 0.6 is 0 Å². The second kappa shape index (κ2) is 9.88. The van der Waals surface area contributed by atoms with E-state index in [0.717, 1.165) is 43.4 Å². The summed E-state index contributed by atoms with van der Waals surface area (Å²) in [5.74, 6) is -0.293. The van der Waals surface area contributed by atoms with E-state index in [4.69, 9.17) is 9.47 Å². The number of piperidine rings is 1. The first kappa shape index (κ1) is 25.9. The molecule has 2 aliphatic heterocycles. The highest BCUT2D eigenvalue weighted by Gasteiger charge is 2.44. The number of carbonyl (C=O) groups is 1. The van der Waals surface area contributed by atoms with E-state index in [1.165, 1.54) is 6.07 Å². The highest BCUT2D eigenvalue weighted by Crippen LogP contribution is 2.39. The Labute approximate surface area is 198 Å². The van der Waals surface area contributed by atoms with E-state index in [2.05, 4.69) is 4.90 Å². The molecular weight excluding hydrogens is 423 g/mol. The second-order valence-corrected chi connectivity index (χ2v) is 11.6. The predicted octanol–water partition coefficient (Wildman–Crippen LogP) is 4.87. The number of carbonyl (C=O) groups excluding carboxylic acids is 1. The molecule has 1 atom stereocenters. The average molecular weight is 465 g/mol. The summed E-state index contributed by atoms with van der Waals surface area (Å²) in [6, 6.07) is 5.03. The standard InChI is InChI=1S/C26H41FN2O4/c1-24(2,3)32-22(30)17-19-14-20(16-21(27)15-19)18-29-11-7-8-26(29)9-12-28(13-10-26)23(31)33-25(4,5)6/h14-16,22,30H,7-13,17-18H2,1-6H3. The van der Waals surface area contributed by atoms with Gasteiger partial charge in [0, 0.05) is 31.6 Å². The summed E-state index contributed by atoms with van der Waals surface area (Å²) in [5.41, 5.74) is 0.719. The zero-order valence-electron chi connectivity index (χ0n) is 21.1. The minimum atomic E-state index is -0.977. The van der Waals surface area contributed by atoms with E-state index in [0.29, 0.717) is 19.6 Å². The largest absolute Gasteiger partial charge is 0.444 e. The molecule has 0 saturated carbocycles. The maximum Gasteiger partial charge on any atom is 0.410 e. The number of benzene rings is 1. The molecule has 7 heteroatoms. The molecule has 2 saturated heterocycles. The first-order chi connectivity index (χ1) is 15.2. The number of nitrogens with zero attached hydrogens (tertiary/aromatic N) is 2. The van der Waals surface area contributed by atoms with Gasteiger partial charge in [-0.1, -0.05) is 6.07 Å². The van der Waals surface area contributed by atoms with Crippen LogP contribution in [0.15, 0.2) is 18.2 Å². The Morgan fingerprint density at radius 3 is 2.27 bits per heavy atom. The molecule has 6 nitrogen and oxygen atoms in total. The Morgan fingerprint density at radius 2 is 1.67 bits per heavy atom. The number of ether oxygens (including phenoxy) is 2. The molecule has 33 heavy (non-hydrogen) atoms. The number of aliphatic hydroxyl groups is 1. The number of hydrogen-bond acceptors (Lipinski definition) is 5. The van der Waals surface area contributed by atoms with Crippen LogP contribution in [-0.2, 0) is 22.4 Å². The van der Waals surface area contributed by atoms with Crippen LogP contribution in [0.3, 0.4) is 0 Å². The van der Waals surface area contributed by atoms with Crippen LogP contribution in [0.4, 0.5) is 9.18 Å². The lowest BCUT2D eigenvalue weighted by Crippen LogP contribution is -2.53. The summed E-state index contributed by atoms with van der Waals surface area (Å²) in [5, 5.41) is 10.2. The molecular formula is C26H41FN2O4. The zero-order valence-corrected chi connectivity index (χ0v) is 21.1. The Hall–Kier alpha value is -1.70. The Kier molecular flexibility index (Phi) is 7.76. The van der Waals surface area contributed by atoms with Crippen molar-refractivity contribution < 1.29 is 23.8 Å². The van der Waals surface area contributed by atoms with Crippen LogP contribution in [0.1, 0.15) is 78.4 Å². The molecule has 186 valence electrons. The van der Waals surface area contributed by atoms with Gasteiger partial charge in [0.25, 0.3) is 0 Å². The maximum absolute atomic E-state index is 14.4. The van der Waals surface area contributed by atoms with Crippen molar-refractivity contribution in [1.82, 2.24) is 9.80 Å². The third-order valence-corrected chi connectivity index (χ3v) is 6.38. The van der Waals surface area contributed by atoms with Crippen LogP contribution in [0.2, 0.25) is 0 Å². The Morgan fingerprint density at radius 1 is 1.03 bits per heavy atom. The lowest BCUT2D eigenvalue weighted by Gasteiger charge is -2.45. The number of aliphatic hydroxyl groups excluding tert-OH is 1. The van der Waals surface area contributed by atoms with Gasteiger partial charge in [-0.2, -0.15) is 0 Å². The molecule has 1 amide bonds. The molecule has 0 bridgehead atoms. The number of likely N-dealkylation sites (tertiary alicyclic amines) is 2. The van der Waals surface area contributed by atoms with Crippen molar-refractivity contribution in [1.29, 1.82) is 0 Å². The summed E-state index contributed by atoms with van der Waals surface area (Å²) >= 11 is 0. The third-order valence-electron chi connectivity index (χ3n) is 6.38. The number of halogens is 1. The molecule has 3 rings (SSSR count). The van der Waals surface area contributed by atoms with Gasteiger partial charge in [-0.15, -0.1) is 0 Å². The first-order valence-electron chi connectivity index (χ1n) is 12.1. The van der Waals surface area contributed by atoms with E-state index in [1.54, 1.807) is 6.07 Å². The van der Waals surface area contributed by atoms with E-state index in [1.807, 2.05) is 52.5 Å². The fourth-order valence-corrected chi connectivity index (χ4v) is 5.04. The van der Waals surface area contributed by atoms with Gasteiger partial charge in [0.2, 0.25) is 0 Å². The molecule has 1 N–H and O–H groups in total. The number of rotatable bonds is 5. The van der Waals surface area contributed by atoms with Gasteiger partial charge in [0.15, 0.2) is 6.29 Å². The summed E-state index contributed by atoms with van der Waals surface area (Å²) in [6.45, 7) is 14.3. The van der Waals surface area contributed by atoms with Gasteiger partial charge in [-0.3, -0.25) is 4.90 Å². The van der Waals surface area contributed by atoms with Crippen LogP contribution in [0.5, 0.6) is 0 Å². The van der Waals surface area contributed by atoms with Crippen molar-refractivity contribution in [3.63, 3.8) is 0 Å². The number of amides is 1. The van der Waals surface area contributed by atoms with Crippen molar-refractivity contribution in [2.24, 2.45) is 0 Å². The van der Waals surface area contributed by atoms with Crippen molar-refractivity contribution in [3.8, 4) is 0 Å². The van der Waals surface area contributed by atoms with E-state index >= 15 is 0 Å². The zero-order chi connectivity index (χ0) is 24.4. The molecule has 1 spiro atoms. The minimum Gasteiger partial charge on any atom is -0.444 e. The minimum absolute atomic E-state index is 0.0415. The Balaban J connectivity index is 1.64. The average Bonchev–Trinajstić information content (AvgIpc) is 3.00. The SMILES string of the molecule is CC(C)(C)OC(=O)N1CCC2(CCCN2Cc2cc(F)cc(CC(O)OC(C)(C)C)c2)CC1. The molecule has 0 aromatic heterocycles. The van der Waals surface area contributed by atoms with Crippen molar-refractivity contribution in [3.05, 3.63) is 35.1 Å². The van der Waals surface area contributed by atoms with E-state index < -0.39 is 17.5 Å². The lowest BCUT2D eigenvalue weighted by atomic mass is 9.84. The highest BCUT2D eigenvalue weighted by atomic mass is 19.1. The van der Waals surface area contributed by atoms with Gasteiger partial charge in [-0.05, 0) is 97.0 Å². The monoisotopic (exact) mass is 464 g/mol. The fraction of sp³-hybridized carbons (Fsp3) is 0.731. The summed E-state index contributed by atoms with van der Waals surface area (Å²) < 4.78 is 25.5. The van der Waals surface area contributed by atoms with Crippen LogP contribution < -0.4 is 0 Å². The normalized spacial score (nSPS) is 20.3. The maximum atomic E-state index is 14.4. The lowest BCUT2D eigenvalue weighted by molar-refractivity contribution is -0.163. The summed E-state index contributed by atoms with van der Waals surface area (Å²) in [6.07, 6.45) is 3.02. The smallest absolute Gasteiger partial charge is 0.410 e. The van der Waals surface area contributed by atoms with Gasteiger partial charge in [-0.25, -0.2) is 9.18 Å². The molecule has 0 radical (unpaired) electrons. The topological polar surface area (TPSA) is 62.2 Å². The molecule has 1 unspecified atom stereocenters. The Bertz CT molecular complexity index is 823. The van der Waals surface area contributed by atoms with E-state index in [9.17, 15) is 14.3 Å². The fourth-order valence-electron chi connectivity index (χ4n) is 5.04. The van der Waals surface area contributed by atoms with Crippen molar-refractivity contribution >= 4 is 6.09 Å². The molecule has 2 fully saturated rings. The summed E-state index contributed by atoms with van der Waals surface area (Å²) in [7, 11) is 0. The van der Waals surface area contributed by atoms with Gasteiger partial charge in [0.05, 0.1) is 5.60 Å². The van der Waals surface area contributed by atoms with Crippen LogP contribution in [0, 0.1) is 5.82 Å². The predicted molar refractivity (Wildman–Crippen MR) is 126 cm³/mol. The first-order valence-corrected chi connectivity index (χ1v) is 12.1. The summed E-state index contributed by atoms with van der Waals surface area (Å²) in [4.78, 5) is 16.7. The van der Waals surface area contributed by atoms with Crippen molar-refractivity contribution in [2.45, 2.75) is 103 Å². The van der Waals surface area contributed by atoms with Gasteiger partial charge in [0.1, 0.15) is 11.4 Å². The molecule has 1 aromatic carbocycles. The van der Waals surface area contributed by atoms with Crippen LogP contribution in [0.25, 0.3) is 0 Å². The van der Waals surface area contributed by atoms with Gasteiger partial charge >= 0.3 is 6.09 Å². The van der Waals surface area contributed by atoms with Crippen molar-refractivity contribution in [2.75, 3.05) is 19.6 Å². The number of hydrogen-bond donors (Lipinski definition) is 1. The van der Waals surface area contributed by atoms with E-state index in [-0.39, 0.29) is 23.9 Å². The molecule has 2 aliphatic rings. The highest BCUT2D eigenvalue weighted by molar-refractivity contribution is 5.68. The molecule has 0 aliphatic carbocycles. The van der Waals surface area contributed by atoms with Crippen LogP contribution in [-0.4, -0.2) is 63.7 Å². The van der Waals surface area contributed by atoms with Gasteiger partial charge < -0.3 is 19.5 Å². The second-order valence-electron chi connectivity index (χ2n) is 11.6. The molecule has 1 aromatic rings. The quantitative estimate of drug-likeness (QED) is 0.630. The molecule has 2 heterocycles. The third kappa shape index (κ3) is 7.39.